The second kappa shape index (κ2) is 3.37. The van der Waals surface area contributed by atoms with E-state index in [1.165, 1.54) is 0 Å². The molecule has 0 aliphatic carbocycles. The zero-order valence-corrected chi connectivity index (χ0v) is 6.73. The Labute approximate surface area is 65.8 Å². The fourth-order valence-electron chi connectivity index (χ4n) is 0.787. The molecule has 0 radical (unpaired) electrons. The first kappa shape index (κ1) is 8.05. The predicted molar refractivity (Wildman–Crippen MR) is 40.1 cm³/mol. The lowest BCUT2D eigenvalue weighted by Crippen LogP contribution is -2.13. The first-order valence-electron chi connectivity index (χ1n) is 3.22. The highest BCUT2D eigenvalue weighted by molar-refractivity contribution is 6.18. The standard InChI is InChI=1S/C7H11ClO2/c1-5(2)7-9-4-6(3-8)10-7/h6-7H,1,3-4H2,2H3. The van der Waals surface area contributed by atoms with Gasteiger partial charge >= 0.3 is 0 Å². The molecule has 1 aliphatic heterocycles. The molecule has 1 fully saturated rings. The lowest BCUT2D eigenvalue weighted by Gasteiger charge is -2.08. The van der Waals surface area contributed by atoms with Crippen LogP contribution in [0.2, 0.25) is 0 Å². The number of rotatable bonds is 2. The third-order valence-electron chi connectivity index (χ3n) is 1.32. The average Bonchev–Trinajstić information content (AvgIpc) is 2.34. The van der Waals surface area contributed by atoms with E-state index in [9.17, 15) is 0 Å². The minimum Gasteiger partial charge on any atom is -0.346 e. The highest BCUT2D eigenvalue weighted by atomic mass is 35.5. The van der Waals surface area contributed by atoms with Gasteiger partial charge in [-0.25, -0.2) is 0 Å². The number of hydrogen-bond acceptors (Lipinski definition) is 2. The Morgan fingerprint density at radius 2 is 2.50 bits per heavy atom. The van der Waals surface area contributed by atoms with Crippen LogP contribution in [0, 0.1) is 0 Å². The highest BCUT2D eigenvalue weighted by Gasteiger charge is 2.25. The molecule has 0 N–H and O–H groups in total. The summed E-state index contributed by atoms with van der Waals surface area (Å²) in [7, 11) is 0. The fraction of sp³-hybridized carbons (Fsp3) is 0.714. The minimum absolute atomic E-state index is 0.0448. The maximum Gasteiger partial charge on any atom is 0.179 e. The summed E-state index contributed by atoms with van der Waals surface area (Å²) in [5.41, 5.74) is 0.896. The Hall–Kier alpha value is -0.0500. The van der Waals surface area contributed by atoms with Crippen molar-refractivity contribution in [2.45, 2.75) is 19.3 Å². The molecular formula is C7H11ClO2. The zero-order valence-electron chi connectivity index (χ0n) is 5.97. The molecule has 2 atom stereocenters. The molecule has 1 heterocycles. The maximum absolute atomic E-state index is 5.54. The molecule has 3 heteroatoms. The monoisotopic (exact) mass is 162 g/mol. The summed E-state index contributed by atoms with van der Waals surface area (Å²) < 4.78 is 10.5. The van der Waals surface area contributed by atoms with E-state index in [0.717, 1.165) is 5.57 Å². The van der Waals surface area contributed by atoms with E-state index in [1.807, 2.05) is 6.92 Å². The van der Waals surface area contributed by atoms with Gasteiger partial charge in [0.25, 0.3) is 0 Å². The van der Waals surface area contributed by atoms with Crippen molar-refractivity contribution in [3.8, 4) is 0 Å². The first-order chi connectivity index (χ1) is 4.74. The summed E-state index contributed by atoms with van der Waals surface area (Å²) in [5, 5.41) is 0. The van der Waals surface area contributed by atoms with Gasteiger partial charge in [-0.15, -0.1) is 11.6 Å². The van der Waals surface area contributed by atoms with Gasteiger partial charge in [0.15, 0.2) is 6.29 Å². The van der Waals surface area contributed by atoms with Gasteiger partial charge in [0.1, 0.15) is 0 Å². The molecule has 2 nitrogen and oxygen atoms in total. The van der Waals surface area contributed by atoms with E-state index in [-0.39, 0.29) is 12.4 Å². The number of hydrogen-bond donors (Lipinski definition) is 0. The smallest absolute Gasteiger partial charge is 0.179 e. The molecule has 0 aromatic rings. The van der Waals surface area contributed by atoms with Gasteiger partial charge in [-0.2, -0.15) is 0 Å². The molecule has 0 aromatic heterocycles. The van der Waals surface area contributed by atoms with Crippen LogP contribution in [0.25, 0.3) is 0 Å². The topological polar surface area (TPSA) is 18.5 Å². The van der Waals surface area contributed by atoms with Gasteiger partial charge in [-0.05, 0) is 12.5 Å². The Morgan fingerprint density at radius 1 is 1.80 bits per heavy atom. The molecule has 10 heavy (non-hydrogen) atoms. The van der Waals surface area contributed by atoms with Gasteiger partial charge in [-0.1, -0.05) is 6.58 Å². The van der Waals surface area contributed by atoms with Crippen molar-refractivity contribution in [3.63, 3.8) is 0 Å². The van der Waals surface area contributed by atoms with Crippen LogP contribution < -0.4 is 0 Å². The van der Waals surface area contributed by atoms with Crippen molar-refractivity contribution in [1.82, 2.24) is 0 Å². The molecule has 0 amide bonds. The molecule has 58 valence electrons. The summed E-state index contributed by atoms with van der Waals surface area (Å²) in [5.74, 6) is 0.490. The molecule has 0 spiro atoms. The molecule has 0 bridgehead atoms. The van der Waals surface area contributed by atoms with Crippen LogP contribution in [0.15, 0.2) is 12.2 Å². The van der Waals surface area contributed by atoms with E-state index in [4.69, 9.17) is 21.1 Å². The Kier molecular flexibility index (Phi) is 2.72. The summed E-state index contributed by atoms with van der Waals surface area (Å²) in [6.07, 6.45) is -0.188. The lowest BCUT2D eigenvalue weighted by molar-refractivity contribution is -0.0241. The van der Waals surface area contributed by atoms with E-state index in [2.05, 4.69) is 6.58 Å². The largest absolute Gasteiger partial charge is 0.346 e. The number of ether oxygens (including phenoxy) is 2. The van der Waals surface area contributed by atoms with Crippen LogP contribution in [0.5, 0.6) is 0 Å². The maximum atomic E-state index is 5.54. The van der Waals surface area contributed by atoms with Crippen molar-refractivity contribution in [1.29, 1.82) is 0 Å². The van der Waals surface area contributed by atoms with Crippen molar-refractivity contribution in [3.05, 3.63) is 12.2 Å². The van der Waals surface area contributed by atoms with E-state index in [0.29, 0.717) is 12.5 Å². The molecular weight excluding hydrogens is 152 g/mol. The normalized spacial score (nSPS) is 32.6. The summed E-state index contributed by atoms with van der Waals surface area (Å²) in [6, 6.07) is 0. The predicted octanol–water partition coefficient (Wildman–Crippen LogP) is 1.54. The Morgan fingerprint density at radius 3 is 2.80 bits per heavy atom. The van der Waals surface area contributed by atoms with E-state index in [1.54, 1.807) is 0 Å². The number of alkyl halides is 1. The Balaban J connectivity index is 2.35. The third kappa shape index (κ3) is 1.72. The number of halogens is 1. The summed E-state index contributed by atoms with van der Waals surface area (Å²) >= 11 is 5.54. The van der Waals surface area contributed by atoms with Gasteiger partial charge in [-0.3, -0.25) is 0 Å². The SMILES string of the molecule is C=C(C)C1OCC(CCl)O1. The van der Waals surface area contributed by atoms with Crippen molar-refractivity contribution < 1.29 is 9.47 Å². The van der Waals surface area contributed by atoms with Crippen molar-refractivity contribution >= 4 is 11.6 Å². The molecule has 1 rings (SSSR count). The van der Waals surface area contributed by atoms with Gasteiger partial charge in [0, 0.05) is 0 Å². The fourth-order valence-corrected chi connectivity index (χ4v) is 0.949. The van der Waals surface area contributed by atoms with Crippen LogP contribution in [0.4, 0.5) is 0 Å². The summed E-state index contributed by atoms with van der Waals surface area (Å²) in [6.45, 7) is 6.17. The quantitative estimate of drug-likeness (QED) is 0.453. The molecule has 1 aliphatic rings. The molecule has 2 unspecified atom stereocenters. The van der Waals surface area contributed by atoms with Crippen LogP contribution in [-0.2, 0) is 9.47 Å². The molecule has 0 aromatic carbocycles. The van der Waals surface area contributed by atoms with E-state index < -0.39 is 0 Å². The van der Waals surface area contributed by atoms with Crippen molar-refractivity contribution in [2.24, 2.45) is 0 Å². The zero-order chi connectivity index (χ0) is 7.56. The average molecular weight is 163 g/mol. The van der Waals surface area contributed by atoms with Crippen LogP contribution in [0.3, 0.4) is 0 Å². The van der Waals surface area contributed by atoms with Crippen LogP contribution in [-0.4, -0.2) is 24.9 Å². The summed E-state index contributed by atoms with van der Waals surface area (Å²) in [4.78, 5) is 0. The van der Waals surface area contributed by atoms with Crippen LogP contribution in [0.1, 0.15) is 6.92 Å². The lowest BCUT2D eigenvalue weighted by atomic mass is 10.3. The van der Waals surface area contributed by atoms with E-state index >= 15 is 0 Å². The molecule has 0 saturated carbocycles. The highest BCUT2D eigenvalue weighted by Crippen LogP contribution is 2.17. The van der Waals surface area contributed by atoms with Gasteiger partial charge in [0.05, 0.1) is 18.6 Å². The second-order valence-electron chi connectivity index (χ2n) is 2.42. The second-order valence-corrected chi connectivity index (χ2v) is 2.73. The molecule has 1 saturated heterocycles. The first-order valence-corrected chi connectivity index (χ1v) is 3.76. The van der Waals surface area contributed by atoms with Gasteiger partial charge in [0.2, 0.25) is 0 Å². The Bertz CT molecular complexity index is 136. The van der Waals surface area contributed by atoms with Crippen LogP contribution >= 0.6 is 11.6 Å². The van der Waals surface area contributed by atoms with Gasteiger partial charge < -0.3 is 9.47 Å². The van der Waals surface area contributed by atoms with Crippen molar-refractivity contribution in [2.75, 3.05) is 12.5 Å². The third-order valence-corrected chi connectivity index (χ3v) is 1.67. The minimum atomic E-state index is -0.233.